The number of aliphatic hydroxyl groups is 1. The summed E-state index contributed by atoms with van der Waals surface area (Å²) in [5, 5.41) is 10.2. The van der Waals surface area contributed by atoms with Crippen LogP contribution in [0.3, 0.4) is 0 Å². The van der Waals surface area contributed by atoms with E-state index in [0.717, 1.165) is 11.1 Å². The van der Waals surface area contributed by atoms with Crippen LogP contribution in [0, 0.1) is 0 Å². The van der Waals surface area contributed by atoms with Gasteiger partial charge in [-0.3, -0.25) is 0 Å². The molecule has 0 aliphatic carbocycles. The van der Waals surface area contributed by atoms with E-state index < -0.39 is 6.10 Å². The third kappa shape index (κ3) is 4.53. The van der Waals surface area contributed by atoms with Gasteiger partial charge in [0.25, 0.3) is 0 Å². The molecular formula is C16H20ClNOS. The monoisotopic (exact) mass is 309 g/mol. The maximum absolute atomic E-state index is 10.2. The van der Waals surface area contributed by atoms with Crippen molar-refractivity contribution in [3.05, 3.63) is 65.7 Å². The summed E-state index contributed by atoms with van der Waals surface area (Å²) in [5.41, 5.74) is 8.20. The van der Waals surface area contributed by atoms with Crippen LogP contribution < -0.4 is 5.73 Å². The number of benzene rings is 2. The molecule has 3 N–H and O–H groups in total. The highest BCUT2D eigenvalue weighted by Crippen LogP contribution is 2.21. The standard InChI is InChI=1S/C16H19NOS.ClH/c1-19-14-9-7-13(8-10-14)16(17)15(18)11-12-5-3-2-4-6-12;/h2-10,15-16,18H,11,17H2,1H3;1H/t15-,16+;/m0./s1. The molecule has 0 aliphatic heterocycles. The topological polar surface area (TPSA) is 46.2 Å². The van der Waals surface area contributed by atoms with E-state index >= 15 is 0 Å². The van der Waals surface area contributed by atoms with Crippen LogP contribution in [0.1, 0.15) is 17.2 Å². The number of hydrogen-bond donors (Lipinski definition) is 2. The summed E-state index contributed by atoms with van der Waals surface area (Å²) in [7, 11) is 0. The van der Waals surface area contributed by atoms with Gasteiger partial charge in [0.2, 0.25) is 0 Å². The van der Waals surface area contributed by atoms with Gasteiger partial charge < -0.3 is 10.8 Å². The van der Waals surface area contributed by atoms with Crippen molar-refractivity contribution in [1.82, 2.24) is 0 Å². The average Bonchev–Trinajstić information content (AvgIpc) is 2.47. The largest absolute Gasteiger partial charge is 0.391 e. The van der Waals surface area contributed by atoms with Crippen molar-refractivity contribution in [3.8, 4) is 0 Å². The molecule has 2 aromatic carbocycles. The van der Waals surface area contributed by atoms with Crippen LogP contribution in [0.4, 0.5) is 0 Å². The molecule has 4 heteroatoms. The van der Waals surface area contributed by atoms with Crippen molar-refractivity contribution >= 4 is 24.2 Å². The van der Waals surface area contributed by atoms with Gasteiger partial charge in [0.1, 0.15) is 0 Å². The smallest absolute Gasteiger partial charge is 0.0773 e. The summed E-state index contributed by atoms with van der Waals surface area (Å²) >= 11 is 1.70. The highest BCUT2D eigenvalue weighted by molar-refractivity contribution is 7.98. The van der Waals surface area contributed by atoms with Gasteiger partial charge in [0, 0.05) is 11.3 Å². The van der Waals surface area contributed by atoms with E-state index in [2.05, 4.69) is 0 Å². The van der Waals surface area contributed by atoms with E-state index in [1.54, 1.807) is 11.8 Å². The van der Waals surface area contributed by atoms with Gasteiger partial charge in [-0.15, -0.1) is 24.2 Å². The predicted octanol–water partition coefficient (Wildman–Crippen LogP) is 3.43. The van der Waals surface area contributed by atoms with Gasteiger partial charge in [0.15, 0.2) is 0 Å². The Morgan fingerprint density at radius 2 is 1.65 bits per heavy atom. The first kappa shape index (κ1) is 17.1. The molecule has 0 radical (unpaired) electrons. The lowest BCUT2D eigenvalue weighted by Crippen LogP contribution is -2.28. The van der Waals surface area contributed by atoms with E-state index in [9.17, 15) is 5.11 Å². The fourth-order valence-electron chi connectivity index (χ4n) is 2.03. The van der Waals surface area contributed by atoms with Crippen LogP contribution in [0.15, 0.2) is 59.5 Å². The summed E-state index contributed by atoms with van der Waals surface area (Å²) in [4.78, 5) is 1.20. The van der Waals surface area contributed by atoms with E-state index in [1.165, 1.54) is 4.90 Å². The zero-order valence-corrected chi connectivity index (χ0v) is 13.0. The molecule has 2 aromatic rings. The molecule has 0 fully saturated rings. The maximum Gasteiger partial charge on any atom is 0.0773 e. The van der Waals surface area contributed by atoms with E-state index in [4.69, 9.17) is 5.73 Å². The molecule has 0 amide bonds. The Hall–Kier alpha value is -1.00. The Bertz CT molecular complexity index is 504. The minimum Gasteiger partial charge on any atom is -0.391 e. The number of nitrogens with two attached hydrogens (primary N) is 1. The number of hydrogen-bond acceptors (Lipinski definition) is 3. The lowest BCUT2D eigenvalue weighted by atomic mass is 9.97. The number of halogens is 1. The molecule has 0 unspecified atom stereocenters. The average molecular weight is 310 g/mol. The van der Waals surface area contributed by atoms with Gasteiger partial charge in [-0.1, -0.05) is 42.5 Å². The molecule has 0 heterocycles. The Morgan fingerprint density at radius 3 is 2.20 bits per heavy atom. The summed E-state index contributed by atoms with van der Waals surface area (Å²) in [6, 6.07) is 17.6. The highest BCUT2D eigenvalue weighted by Gasteiger charge is 2.17. The first-order valence-corrected chi connectivity index (χ1v) is 7.54. The van der Waals surface area contributed by atoms with Crippen molar-refractivity contribution in [2.75, 3.05) is 6.26 Å². The van der Waals surface area contributed by atoms with Crippen LogP contribution in [-0.4, -0.2) is 17.5 Å². The minimum absolute atomic E-state index is 0. The molecule has 0 saturated heterocycles. The Morgan fingerprint density at radius 1 is 1.05 bits per heavy atom. The first-order chi connectivity index (χ1) is 9.20. The lowest BCUT2D eigenvalue weighted by Gasteiger charge is -2.19. The Balaban J connectivity index is 0.00000200. The third-order valence-electron chi connectivity index (χ3n) is 3.20. The molecule has 2 atom stereocenters. The van der Waals surface area contributed by atoms with Crippen LogP contribution in [0.2, 0.25) is 0 Å². The van der Waals surface area contributed by atoms with Gasteiger partial charge in [-0.25, -0.2) is 0 Å². The highest BCUT2D eigenvalue weighted by atomic mass is 35.5. The quantitative estimate of drug-likeness (QED) is 0.832. The van der Waals surface area contributed by atoms with Crippen molar-refractivity contribution in [2.24, 2.45) is 5.73 Å². The lowest BCUT2D eigenvalue weighted by molar-refractivity contribution is 0.145. The third-order valence-corrected chi connectivity index (χ3v) is 3.95. The molecule has 0 bridgehead atoms. The molecule has 2 rings (SSSR count). The predicted molar refractivity (Wildman–Crippen MR) is 88.6 cm³/mol. The molecular weight excluding hydrogens is 290 g/mol. The fraction of sp³-hybridized carbons (Fsp3) is 0.250. The Kier molecular flexibility index (Phi) is 7.10. The van der Waals surface area contributed by atoms with Gasteiger partial charge in [-0.05, 0) is 29.5 Å². The number of aliphatic hydroxyl groups excluding tert-OH is 1. The second-order valence-corrected chi connectivity index (χ2v) is 5.44. The summed E-state index contributed by atoms with van der Waals surface area (Å²) < 4.78 is 0. The summed E-state index contributed by atoms with van der Waals surface area (Å²) in [6.45, 7) is 0. The number of rotatable bonds is 5. The van der Waals surface area contributed by atoms with Gasteiger partial charge in [-0.2, -0.15) is 0 Å². The molecule has 0 spiro atoms. The fourth-order valence-corrected chi connectivity index (χ4v) is 2.44. The second-order valence-electron chi connectivity index (χ2n) is 4.56. The van der Waals surface area contributed by atoms with Crippen LogP contribution in [0.5, 0.6) is 0 Å². The van der Waals surface area contributed by atoms with Crippen molar-refractivity contribution in [1.29, 1.82) is 0 Å². The molecule has 20 heavy (non-hydrogen) atoms. The zero-order chi connectivity index (χ0) is 13.7. The first-order valence-electron chi connectivity index (χ1n) is 6.32. The van der Waals surface area contributed by atoms with Gasteiger partial charge in [0.05, 0.1) is 12.1 Å². The summed E-state index contributed by atoms with van der Waals surface area (Å²) in [6.07, 6.45) is 2.05. The second kappa shape index (κ2) is 8.32. The van der Waals surface area contributed by atoms with Crippen LogP contribution >= 0.6 is 24.2 Å². The van der Waals surface area contributed by atoms with Crippen LogP contribution in [0.25, 0.3) is 0 Å². The molecule has 0 aliphatic rings. The van der Waals surface area contributed by atoms with Crippen molar-refractivity contribution in [3.63, 3.8) is 0 Å². The SMILES string of the molecule is CSc1ccc([C@@H](N)[C@@H](O)Cc2ccccc2)cc1.Cl. The molecule has 0 saturated carbocycles. The van der Waals surface area contributed by atoms with Crippen molar-refractivity contribution < 1.29 is 5.11 Å². The molecule has 2 nitrogen and oxygen atoms in total. The summed E-state index contributed by atoms with van der Waals surface area (Å²) in [5.74, 6) is 0. The van der Waals surface area contributed by atoms with E-state index in [0.29, 0.717) is 6.42 Å². The molecule has 108 valence electrons. The zero-order valence-electron chi connectivity index (χ0n) is 11.4. The van der Waals surface area contributed by atoms with E-state index in [-0.39, 0.29) is 18.4 Å². The van der Waals surface area contributed by atoms with Crippen LogP contribution in [-0.2, 0) is 6.42 Å². The van der Waals surface area contributed by atoms with E-state index in [1.807, 2.05) is 60.9 Å². The van der Waals surface area contributed by atoms with Gasteiger partial charge >= 0.3 is 0 Å². The Labute approximate surface area is 130 Å². The minimum atomic E-state index is -0.567. The molecule has 0 aromatic heterocycles. The normalized spacial score (nSPS) is 13.3. The maximum atomic E-state index is 10.2. The van der Waals surface area contributed by atoms with Crippen molar-refractivity contribution in [2.45, 2.75) is 23.5 Å². The number of thioether (sulfide) groups is 1.